The van der Waals surface area contributed by atoms with Crippen molar-refractivity contribution in [1.82, 2.24) is 14.1 Å². The third-order valence-corrected chi connectivity index (χ3v) is 6.56. The number of hydrogen-bond acceptors (Lipinski definition) is 3. The molecule has 0 aromatic heterocycles. The number of likely N-dealkylation sites (tertiary alicyclic amines) is 1. The molecule has 132 valence electrons. The summed E-state index contributed by atoms with van der Waals surface area (Å²) in [5.41, 5.74) is 0. The predicted octanol–water partition coefficient (Wildman–Crippen LogP) is 2.00. The molecular weight excluding hydrogens is 357 g/mol. The first-order chi connectivity index (χ1) is 11.4. The molecule has 0 spiro atoms. The van der Waals surface area contributed by atoms with Crippen LogP contribution in [0.2, 0.25) is 5.02 Å². The van der Waals surface area contributed by atoms with Crippen LogP contribution < -0.4 is 0 Å². The van der Waals surface area contributed by atoms with Gasteiger partial charge in [-0.2, -0.15) is 4.31 Å². The van der Waals surface area contributed by atoms with E-state index in [2.05, 4.69) is 0 Å². The molecule has 2 aliphatic heterocycles. The molecule has 0 atom stereocenters. The van der Waals surface area contributed by atoms with Crippen LogP contribution in [-0.4, -0.2) is 67.8 Å². The fourth-order valence-electron chi connectivity index (χ4n) is 3.05. The van der Waals surface area contributed by atoms with Crippen molar-refractivity contribution in [2.75, 3.05) is 39.3 Å². The van der Waals surface area contributed by atoms with Crippen LogP contribution in [0.1, 0.15) is 12.8 Å². The molecular formula is C15H19ClFN3O3S. The monoisotopic (exact) mass is 375 g/mol. The molecule has 1 aromatic carbocycles. The molecule has 9 heteroatoms. The molecule has 6 nitrogen and oxygen atoms in total. The molecule has 0 N–H and O–H groups in total. The SMILES string of the molecule is O=C(N1CCCC1)N1CCN(S(=O)(=O)c2ccc(Cl)cc2F)CC1. The molecule has 0 radical (unpaired) electrons. The van der Waals surface area contributed by atoms with Crippen molar-refractivity contribution in [3.8, 4) is 0 Å². The predicted molar refractivity (Wildman–Crippen MR) is 87.9 cm³/mol. The van der Waals surface area contributed by atoms with Gasteiger partial charge in [0.15, 0.2) is 0 Å². The number of amides is 2. The number of rotatable bonds is 2. The second kappa shape index (κ2) is 6.85. The normalized spacial score (nSPS) is 19.8. The Morgan fingerprint density at radius 3 is 2.17 bits per heavy atom. The Morgan fingerprint density at radius 1 is 1.00 bits per heavy atom. The lowest BCUT2D eigenvalue weighted by Crippen LogP contribution is -2.53. The van der Waals surface area contributed by atoms with E-state index in [0.717, 1.165) is 32.0 Å². The molecule has 2 aliphatic rings. The number of urea groups is 1. The van der Waals surface area contributed by atoms with Gasteiger partial charge in [-0.3, -0.25) is 0 Å². The van der Waals surface area contributed by atoms with Crippen LogP contribution in [0.5, 0.6) is 0 Å². The second-order valence-corrected chi connectivity index (χ2v) is 8.29. The zero-order valence-corrected chi connectivity index (χ0v) is 14.7. The van der Waals surface area contributed by atoms with E-state index in [-0.39, 0.29) is 29.0 Å². The van der Waals surface area contributed by atoms with Gasteiger partial charge in [0, 0.05) is 44.3 Å². The lowest BCUT2D eigenvalue weighted by atomic mass is 10.3. The third-order valence-electron chi connectivity index (χ3n) is 4.40. The summed E-state index contributed by atoms with van der Waals surface area (Å²) in [5, 5.41) is 0.146. The van der Waals surface area contributed by atoms with Crippen molar-refractivity contribution in [2.24, 2.45) is 0 Å². The van der Waals surface area contributed by atoms with Gasteiger partial charge in [-0.15, -0.1) is 0 Å². The highest BCUT2D eigenvalue weighted by atomic mass is 35.5. The van der Waals surface area contributed by atoms with Crippen molar-refractivity contribution in [1.29, 1.82) is 0 Å². The molecule has 0 aliphatic carbocycles. The average molecular weight is 376 g/mol. The van der Waals surface area contributed by atoms with E-state index < -0.39 is 15.8 Å². The summed E-state index contributed by atoms with van der Waals surface area (Å²) in [6.07, 6.45) is 2.02. The van der Waals surface area contributed by atoms with Crippen LogP contribution >= 0.6 is 11.6 Å². The fourth-order valence-corrected chi connectivity index (χ4v) is 4.68. The second-order valence-electron chi connectivity index (χ2n) is 5.94. The van der Waals surface area contributed by atoms with Crippen LogP contribution in [0.15, 0.2) is 23.1 Å². The van der Waals surface area contributed by atoms with Gasteiger partial charge in [-0.25, -0.2) is 17.6 Å². The van der Waals surface area contributed by atoms with Crippen molar-refractivity contribution >= 4 is 27.7 Å². The standard InChI is InChI=1S/C15H19ClFN3O3S/c16-12-3-4-14(13(17)11-12)24(22,23)20-9-7-19(8-10-20)15(21)18-5-1-2-6-18/h3-4,11H,1-2,5-10H2. The van der Waals surface area contributed by atoms with E-state index in [1.807, 2.05) is 0 Å². The Kier molecular flexibility index (Phi) is 4.98. The van der Waals surface area contributed by atoms with Crippen LogP contribution in [0.25, 0.3) is 0 Å². The molecule has 3 rings (SSSR count). The Hall–Kier alpha value is -1.38. The fraction of sp³-hybridized carbons (Fsp3) is 0.533. The largest absolute Gasteiger partial charge is 0.325 e. The first-order valence-electron chi connectivity index (χ1n) is 7.88. The molecule has 0 saturated carbocycles. The summed E-state index contributed by atoms with van der Waals surface area (Å²) < 4.78 is 40.3. The zero-order chi connectivity index (χ0) is 17.3. The number of nitrogens with zero attached hydrogens (tertiary/aromatic N) is 3. The van der Waals surface area contributed by atoms with Crippen molar-refractivity contribution in [3.63, 3.8) is 0 Å². The molecule has 24 heavy (non-hydrogen) atoms. The van der Waals surface area contributed by atoms with E-state index in [0.29, 0.717) is 13.1 Å². The number of halogens is 2. The van der Waals surface area contributed by atoms with E-state index in [4.69, 9.17) is 11.6 Å². The van der Waals surface area contributed by atoms with Gasteiger partial charge in [-0.05, 0) is 31.0 Å². The highest BCUT2D eigenvalue weighted by molar-refractivity contribution is 7.89. The minimum Gasteiger partial charge on any atom is -0.325 e. The minimum absolute atomic E-state index is 0.0396. The van der Waals surface area contributed by atoms with E-state index in [9.17, 15) is 17.6 Å². The summed E-state index contributed by atoms with van der Waals surface area (Å²) in [6.45, 7) is 2.45. The first-order valence-corrected chi connectivity index (χ1v) is 9.70. The van der Waals surface area contributed by atoms with Gasteiger partial charge in [0.25, 0.3) is 0 Å². The van der Waals surface area contributed by atoms with Crippen LogP contribution in [0.3, 0.4) is 0 Å². The third kappa shape index (κ3) is 3.36. The van der Waals surface area contributed by atoms with Crippen LogP contribution in [-0.2, 0) is 10.0 Å². The van der Waals surface area contributed by atoms with Gasteiger partial charge >= 0.3 is 6.03 Å². The van der Waals surface area contributed by atoms with Crippen molar-refractivity contribution in [2.45, 2.75) is 17.7 Å². The smallest absolute Gasteiger partial charge is 0.320 e. The topological polar surface area (TPSA) is 60.9 Å². The van der Waals surface area contributed by atoms with Gasteiger partial charge in [0.05, 0.1) is 0 Å². The quantitative estimate of drug-likeness (QED) is 0.794. The Bertz CT molecular complexity index is 729. The van der Waals surface area contributed by atoms with E-state index in [1.54, 1.807) is 9.80 Å². The Morgan fingerprint density at radius 2 is 1.58 bits per heavy atom. The maximum Gasteiger partial charge on any atom is 0.320 e. The molecule has 2 saturated heterocycles. The summed E-state index contributed by atoms with van der Waals surface area (Å²) in [6, 6.07) is 3.48. The van der Waals surface area contributed by atoms with Gasteiger partial charge < -0.3 is 9.80 Å². The number of benzene rings is 1. The number of hydrogen-bond donors (Lipinski definition) is 0. The summed E-state index contributed by atoms with van der Waals surface area (Å²) in [5.74, 6) is -0.863. The molecule has 1 aromatic rings. The Labute approximate surface area is 145 Å². The van der Waals surface area contributed by atoms with Gasteiger partial charge in [0.1, 0.15) is 10.7 Å². The van der Waals surface area contributed by atoms with E-state index >= 15 is 0 Å². The Balaban J connectivity index is 1.68. The van der Waals surface area contributed by atoms with E-state index in [1.165, 1.54) is 16.4 Å². The lowest BCUT2D eigenvalue weighted by Gasteiger charge is -2.36. The summed E-state index contributed by atoms with van der Waals surface area (Å²) in [7, 11) is -3.93. The van der Waals surface area contributed by atoms with Crippen molar-refractivity contribution in [3.05, 3.63) is 29.0 Å². The number of carbonyl (C=O) groups excluding carboxylic acids is 1. The van der Waals surface area contributed by atoms with Crippen LogP contribution in [0.4, 0.5) is 9.18 Å². The highest BCUT2D eigenvalue weighted by Gasteiger charge is 2.33. The summed E-state index contributed by atoms with van der Waals surface area (Å²) in [4.78, 5) is 15.4. The maximum atomic E-state index is 13.9. The number of carbonyl (C=O) groups is 1. The average Bonchev–Trinajstić information content (AvgIpc) is 3.08. The molecule has 0 bridgehead atoms. The van der Waals surface area contributed by atoms with Gasteiger partial charge in [0.2, 0.25) is 10.0 Å². The first kappa shape index (κ1) is 17.4. The zero-order valence-electron chi connectivity index (χ0n) is 13.1. The summed E-state index contributed by atoms with van der Waals surface area (Å²) >= 11 is 5.67. The maximum absolute atomic E-state index is 13.9. The van der Waals surface area contributed by atoms with Crippen LogP contribution in [0, 0.1) is 5.82 Å². The number of piperazine rings is 1. The van der Waals surface area contributed by atoms with Crippen molar-refractivity contribution < 1.29 is 17.6 Å². The molecule has 2 amide bonds. The van der Waals surface area contributed by atoms with Gasteiger partial charge in [-0.1, -0.05) is 11.6 Å². The molecule has 0 unspecified atom stereocenters. The number of sulfonamides is 1. The molecule has 2 fully saturated rings. The highest BCUT2D eigenvalue weighted by Crippen LogP contribution is 2.23. The lowest BCUT2D eigenvalue weighted by molar-refractivity contribution is 0.142. The molecule has 2 heterocycles. The minimum atomic E-state index is -3.93.